The molecule has 1 heterocycles. The Balaban J connectivity index is 1.99. The van der Waals surface area contributed by atoms with Crippen LogP contribution in [0.25, 0.3) is 6.08 Å². The fourth-order valence-electron chi connectivity index (χ4n) is 2.38. The summed E-state index contributed by atoms with van der Waals surface area (Å²) in [6, 6.07) is 4.16. The number of nitrogens with zero attached hydrogens (tertiary/aromatic N) is 1. The van der Waals surface area contributed by atoms with Crippen LogP contribution in [0.1, 0.15) is 76.0 Å². The summed E-state index contributed by atoms with van der Waals surface area (Å²) in [4.78, 5) is 4.41. The van der Waals surface area contributed by atoms with Crippen LogP contribution in [0.15, 0.2) is 24.9 Å². The van der Waals surface area contributed by atoms with Crippen molar-refractivity contribution in [1.29, 1.82) is 0 Å². The molecular formula is C18H29N. The number of hydrogen-bond acceptors (Lipinski definition) is 1. The number of pyridine rings is 1. The van der Waals surface area contributed by atoms with Crippen LogP contribution in [-0.4, -0.2) is 4.98 Å². The van der Waals surface area contributed by atoms with E-state index in [-0.39, 0.29) is 0 Å². The molecule has 0 N–H and O–H groups in total. The molecule has 0 aromatic carbocycles. The van der Waals surface area contributed by atoms with Crippen LogP contribution in [0, 0.1) is 0 Å². The summed E-state index contributed by atoms with van der Waals surface area (Å²) in [6.07, 6.45) is 17.3. The molecule has 0 aliphatic rings. The Morgan fingerprint density at radius 2 is 1.63 bits per heavy atom. The molecule has 1 heteroatoms. The molecule has 0 saturated heterocycles. The average Bonchev–Trinajstić information content (AvgIpc) is 2.46. The predicted octanol–water partition coefficient (Wildman–Crippen LogP) is 5.80. The Hall–Kier alpha value is -1.11. The second-order valence-electron chi connectivity index (χ2n) is 5.36. The van der Waals surface area contributed by atoms with Crippen molar-refractivity contribution in [1.82, 2.24) is 4.98 Å². The van der Waals surface area contributed by atoms with Gasteiger partial charge in [0.05, 0.1) is 0 Å². The molecule has 0 amide bonds. The minimum absolute atomic E-state index is 1.11. The lowest BCUT2D eigenvalue weighted by molar-refractivity contribution is 0.563. The van der Waals surface area contributed by atoms with E-state index in [2.05, 4.69) is 24.6 Å². The van der Waals surface area contributed by atoms with Gasteiger partial charge in [-0.1, -0.05) is 70.9 Å². The van der Waals surface area contributed by atoms with Crippen molar-refractivity contribution in [3.8, 4) is 0 Å². The molecule has 0 aliphatic heterocycles. The molecule has 1 nitrogen and oxygen atoms in total. The van der Waals surface area contributed by atoms with Crippen LogP contribution in [0.5, 0.6) is 0 Å². The minimum Gasteiger partial charge on any atom is -0.261 e. The molecule has 0 unspecified atom stereocenters. The molecular weight excluding hydrogens is 230 g/mol. The summed E-state index contributed by atoms with van der Waals surface area (Å²) in [6.45, 7) is 6.07. The third-order valence-electron chi connectivity index (χ3n) is 3.61. The van der Waals surface area contributed by atoms with Gasteiger partial charge in [0, 0.05) is 11.9 Å². The summed E-state index contributed by atoms with van der Waals surface area (Å²) >= 11 is 0. The third-order valence-corrected chi connectivity index (χ3v) is 3.61. The van der Waals surface area contributed by atoms with Gasteiger partial charge in [0.1, 0.15) is 0 Å². The van der Waals surface area contributed by atoms with E-state index in [9.17, 15) is 0 Å². The SMILES string of the molecule is C=Cc1ccnc(CCCCCCCCCCC)c1. The van der Waals surface area contributed by atoms with Crippen LogP contribution in [0.3, 0.4) is 0 Å². The van der Waals surface area contributed by atoms with Gasteiger partial charge in [-0.05, 0) is 30.5 Å². The highest BCUT2D eigenvalue weighted by Gasteiger charge is 1.96. The summed E-state index contributed by atoms with van der Waals surface area (Å²) in [5.74, 6) is 0. The normalized spacial score (nSPS) is 10.6. The lowest BCUT2D eigenvalue weighted by Crippen LogP contribution is -1.91. The Morgan fingerprint density at radius 1 is 1.00 bits per heavy atom. The molecule has 0 radical (unpaired) electrons. The Bertz CT molecular complexity index is 343. The van der Waals surface area contributed by atoms with Crippen molar-refractivity contribution < 1.29 is 0 Å². The van der Waals surface area contributed by atoms with Crippen molar-refractivity contribution in [2.75, 3.05) is 0 Å². The zero-order chi connectivity index (χ0) is 13.8. The van der Waals surface area contributed by atoms with E-state index in [1.807, 2.05) is 18.3 Å². The first-order chi connectivity index (χ1) is 9.36. The van der Waals surface area contributed by atoms with Gasteiger partial charge < -0.3 is 0 Å². The van der Waals surface area contributed by atoms with Gasteiger partial charge >= 0.3 is 0 Å². The standard InChI is InChI=1S/C18H29N/c1-3-5-6-7-8-9-10-11-12-13-18-16-17(4-2)14-15-19-18/h4,14-16H,2-3,5-13H2,1H3. The maximum Gasteiger partial charge on any atom is 0.0409 e. The quantitative estimate of drug-likeness (QED) is 0.458. The highest BCUT2D eigenvalue weighted by atomic mass is 14.7. The molecule has 106 valence electrons. The number of aryl methyl sites for hydroxylation is 1. The van der Waals surface area contributed by atoms with Gasteiger partial charge in [0.25, 0.3) is 0 Å². The molecule has 0 spiro atoms. The van der Waals surface area contributed by atoms with Crippen LogP contribution in [0.2, 0.25) is 0 Å². The van der Waals surface area contributed by atoms with Crippen molar-refractivity contribution in [3.63, 3.8) is 0 Å². The maximum atomic E-state index is 4.41. The van der Waals surface area contributed by atoms with E-state index in [0.717, 1.165) is 6.42 Å². The molecule has 0 bridgehead atoms. The van der Waals surface area contributed by atoms with Crippen LogP contribution in [-0.2, 0) is 6.42 Å². The Labute approximate surface area is 119 Å². The fraction of sp³-hybridized carbons (Fsp3) is 0.611. The number of unbranched alkanes of at least 4 members (excludes halogenated alkanes) is 8. The van der Waals surface area contributed by atoms with Gasteiger partial charge in [-0.3, -0.25) is 4.98 Å². The lowest BCUT2D eigenvalue weighted by atomic mass is 10.1. The van der Waals surface area contributed by atoms with E-state index in [1.165, 1.54) is 69.0 Å². The highest BCUT2D eigenvalue weighted by molar-refractivity contribution is 5.46. The first kappa shape index (κ1) is 15.9. The summed E-state index contributed by atoms with van der Waals surface area (Å²) < 4.78 is 0. The monoisotopic (exact) mass is 259 g/mol. The van der Waals surface area contributed by atoms with E-state index in [0.29, 0.717) is 0 Å². The van der Waals surface area contributed by atoms with E-state index < -0.39 is 0 Å². The first-order valence-electron chi connectivity index (χ1n) is 7.94. The maximum absolute atomic E-state index is 4.41. The summed E-state index contributed by atoms with van der Waals surface area (Å²) in [5, 5.41) is 0. The average molecular weight is 259 g/mol. The van der Waals surface area contributed by atoms with E-state index in [4.69, 9.17) is 0 Å². The van der Waals surface area contributed by atoms with Crippen LogP contribution < -0.4 is 0 Å². The molecule has 0 atom stereocenters. The molecule has 1 rings (SSSR count). The van der Waals surface area contributed by atoms with Crippen molar-refractivity contribution >= 4 is 6.08 Å². The molecule has 0 fully saturated rings. The molecule has 1 aromatic heterocycles. The van der Waals surface area contributed by atoms with Crippen molar-refractivity contribution in [3.05, 3.63) is 36.2 Å². The first-order valence-corrected chi connectivity index (χ1v) is 7.94. The van der Waals surface area contributed by atoms with Gasteiger partial charge in [-0.25, -0.2) is 0 Å². The largest absolute Gasteiger partial charge is 0.261 e. The number of hydrogen-bond donors (Lipinski definition) is 0. The zero-order valence-corrected chi connectivity index (χ0v) is 12.5. The van der Waals surface area contributed by atoms with Crippen LogP contribution in [0.4, 0.5) is 0 Å². The third kappa shape index (κ3) is 7.81. The smallest absolute Gasteiger partial charge is 0.0409 e. The summed E-state index contributed by atoms with van der Waals surface area (Å²) in [7, 11) is 0. The lowest BCUT2D eigenvalue weighted by Gasteiger charge is -2.03. The minimum atomic E-state index is 1.11. The number of rotatable bonds is 11. The molecule has 0 aliphatic carbocycles. The second-order valence-corrected chi connectivity index (χ2v) is 5.36. The highest BCUT2D eigenvalue weighted by Crippen LogP contribution is 2.12. The second kappa shape index (κ2) is 10.8. The fourth-order valence-corrected chi connectivity index (χ4v) is 2.38. The zero-order valence-electron chi connectivity index (χ0n) is 12.5. The van der Waals surface area contributed by atoms with E-state index >= 15 is 0 Å². The Kier molecular flexibility index (Phi) is 9.05. The van der Waals surface area contributed by atoms with Gasteiger partial charge in [-0.15, -0.1) is 0 Å². The van der Waals surface area contributed by atoms with Gasteiger partial charge in [0.2, 0.25) is 0 Å². The summed E-state index contributed by atoms with van der Waals surface area (Å²) in [5.41, 5.74) is 2.39. The molecule has 19 heavy (non-hydrogen) atoms. The van der Waals surface area contributed by atoms with Gasteiger partial charge in [0.15, 0.2) is 0 Å². The predicted molar refractivity (Wildman–Crippen MR) is 85.3 cm³/mol. The van der Waals surface area contributed by atoms with Crippen molar-refractivity contribution in [2.45, 2.75) is 71.1 Å². The van der Waals surface area contributed by atoms with Crippen molar-refractivity contribution in [2.24, 2.45) is 0 Å². The van der Waals surface area contributed by atoms with E-state index in [1.54, 1.807) is 0 Å². The van der Waals surface area contributed by atoms with Gasteiger partial charge in [-0.2, -0.15) is 0 Å². The molecule has 0 saturated carbocycles. The molecule has 1 aromatic rings. The number of aromatic nitrogens is 1. The van der Waals surface area contributed by atoms with Crippen LogP contribution >= 0.6 is 0 Å². The Morgan fingerprint density at radius 3 is 2.26 bits per heavy atom. The topological polar surface area (TPSA) is 12.9 Å².